The Balaban J connectivity index is 1.62. The van der Waals surface area contributed by atoms with Crippen LogP contribution in [0.25, 0.3) is 0 Å². The zero-order chi connectivity index (χ0) is 16.9. The molecular weight excluding hydrogens is 298 g/mol. The fourth-order valence-electron chi connectivity index (χ4n) is 3.18. The van der Waals surface area contributed by atoms with Gasteiger partial charge in [0, 0.05) is 50.9 Å². The lowest BCUT2D eigenvalue weighted by atomic mass is 10.0. The Labute approximate surface area is 145 Å². The molecule has 0 radical (unpaired) electrons. The topological polar surface area (TPSA) is 28.6 Å². The van der Waals surface area contributed by atoms with Crippen molar-refractivity contribution < 1.29 is 4.74 Å². The quantitative estimate of drug-likeness (QED) is 0.838. The van der Waals surface area contributed by atoms with Crippen molar-refractivity contribution in [1.29, 1.82) is 0 Å². The molecule has 0 aliphatic carbocycles. The van der Waals surface area contributed by atoms with Crippen molar-refractivity contribution in [3.8, 4) is 0 Å². The predicted octanol–water partition coefficient (Wildman–Crippen LogP) is 3.68. The van der Waals surface area contributed by atoms with Crippen LogP contribution in [0.3, 0.4) is 0 Å². The van der Waals surface area contributed by atoms with Crippen molar-refractivity contribution >= 4 is 11.4 Å². The van der Waals surface area contributed by atoms with Gasteiger partial charge in [0.25, 0.3) is 0 Å². The molecule has 4 nitrogen and oxygen atoms in total. The summed E-state index contributed by atoms with van der Waals surface area (Å²) in [4.78, 5) is 9.25. The molecule has 1 fully saturated rings. The molecule has 0 spiro atoms. The Hall–Kier alpha value is -2.07. The molecule has 0 atom stereocenters. The fourth-order valence-corrected chi connectivity index (χ4v) is 3.18. The first-order chi connectivity index (χ1) is 11.7. The summed E-state index contributed by atoms with van der Waals surface area (Å²) < 4.78 is 5.18. The fraction of sp³-hybridized carbons (Fsp3) is 0.450. The van der Waals surface area contributed by atoms with Gasteiger partial charge in [-0.1, -0.05) is 26.0 Å². The number of ether oxygens (including phenoxy) is 1. The maximum atomic E-state index is 5.18. The van der Waals surface area contributed by atoms with E-state index in [9.17, 15) is 0 Å². The third-order valence-corrected chi connectivity index (χ3v) is 4.66. The van der Waals surface area contributed by atoms with E-state index in [2.05, 4.69) is 65.0 Å². The van der Waals surface area contributed by atoms with E-state index in [0.29, 0.717) is 12.5 Å². The lowest BCUT2D eigenvalue weighted by Gasteiger charge is -2.37. The standard InChI is InChI=1S/C20H27N3O/c1-16(2)17-4-6-19(7-5-17)22-10-12-23(13-11-22)20-8-9-21-18(14-20)15-24-3/h4-9,14,16H,10-13,15H2,1-3H3. The molecule has 2 heterocycles. The van der Waals surface area contributed by atoms with Crippen LogP contribution in [-0.2, 0) is 11.3 Å². The predicted molar refractivity (Wildman–Crippen MR) is 99.9 cm³/mol. The molecule has 3 rings (SSSR count). The van der Waals surface area contributed by atoms with Crippen molar-refractivity contribution in [3.05, 3.63) is 53.9 Å². The lowest BCUT2D eigenvalue weighted by molar-refractivity contribution is 0.181. The molecule has 0 N–H and O–H groups in total. The van der Waals surface area contributed by atoms with E-state index in [1.54, 1.807) is 7.11 Å². The number of hydrogen-bond donors (Lipinski definition) is 0. The Bertz CT molecular complexity index is 646. The van der Waals surface area contributed by atoms with Crippen LogP contribution in [0.4, 0.5) is 11.4 Å². The first kappa shape index (κ1) is 16.8. The number of rotatable bonds is 5. The minimum atomic E-state index is 0.565. The Kier molecular flexibility index (Phi) is 5.36. The number of methoxy groups -OCH3 is 1. The first-order valence-electron chi connectivity index (χ1n) is 8.71. The zero-order valence-corrected chi connectivity index (χ0v) is 14.9. The van der Waals surface area contributed by atoms with Gasteiger partial charge in [-0.2, -0.15) is 0 Å². The molecule has 2 aromatic rings. The summed E-state index contributed by atoms with van der Waals surface area (Å²) in [6, 6.07) is 13.3. The second-order valence-electron chi connectivity index (χ2n) is 6.66. The van der Waals surface area contributed by atoms with E-state index < -0.39 is 0 Å². The van der Waals surface area contributed by atoms with E-state index in [4.69, 9.17) is 4.74 Å². The summed E-state index contributed by atoms with van der Waals surface area (Å²) >= 11 is 0. The summed E-state index contributed by atoms with van der Waals surface area (Å²) in [6.07, 6.45) is 1.88. The molecule has 4 heteroatoms. The van der Waals surface area contributed by atoms with Gasteiger partial charge in [-0.25, -0.2) is 0 Å². The second-order valence-corrected chi connectivity index (χ2v) is 6.66. The molecule has 1 aromatic heterocycles. The smallest absolute Gasteiger partial charge is 0.0884 e. The van der Waals surface area contributed by atoms with Crippen LogP contribution in [0.1, 0.15) is 31.0 Å². The van der Waals surface area contributed by atoms with E-state index >= 15 is 0 Å². The van der Waals surface area contributed by atoms with Crippen LogP contribution >= 0.6 is 0 Å². The summed E-state index contributed by atoms with van der Waals surface area (Å²) in [6.45, 7) is 9.19. The zero-order valence-electron chi connectivity index (χ0n) is 14.9. The van der Waals surface area contributed by atoms with E-state index in [0.717, 1.165) is 31.9 Å². The summed E-state index contributed by atoms with van der Waals surface area (Å²) in [5, 5.41) is 0. The molecule has 128 valence electrons. The normalized spacial score (nSPS) is 15.2. The molecular formula is C20H27N3O. The van der Waals surface area contributed by atoms with Gasteiger partial charge in [-0.15, -0.1) is 0 Å². The van der Waals surface area contributed by atoms with Crippen LogP contribution in [0.2, 0.25) is 0 Å². The Morgan fingerprint density at radius 3 is 2.17 bits per heavy atom. The van der Waals surface area contributed by atoms with Crippen molar-refractivity contribution in [2.45, 2.75) is 26.4 Å². The second kappa shape index (κ2) is 7.67. The molecule has 1 aliphatic rings. The number of benzene rings is 1. The first-order valence-corrected chi connectivity index (χ1v) is 8.71. The van der Waals surface area contributed by atoms with Crippen LogP contribution < -0.4 is 9.80 Å². The largest absolute Gasteiger partial charge is 0.378 e. The SMILES string of the molecule is COCc1cc(N2CCN(c3ccc(C(C)C)cc3)CC2)ccn1. The van der Waals surface area contributed by atoms with Crippen LogP contribution in [-0.4, -0.2) is 38.3 Å². The maximum absolute atomic E-state index is 5.18. The minimum absolute atomic E-state index is 0.565. The van der Waals surface area contributed by atoms with Gasteiger partial charge in [-0.05, 0) is 35.7 Å². The van der Waals surface area contributed by atoms with Crippen LogP contribution in [0.15, 0.2) is 42.6 Å². The van der Waals surface area contributed by atoms with E-state index in [1.807, 2.05) is 6.20 Å². The van der Waals surface area contributed by atoms with Gasteiger partial charge in [0.15, 0.2) is 0 Å². The average molecular weight is 325 g/mol. The molecule has 0 saturated carbocycles. The number of nitrogens with zero attached hydrogens (tertiary/aromatic N) is 3. The maximum Gasteiger partial charge on any atom is 0.0884 e. The number of pyridine rings is 1. The monoisotopic (exact) mass is 325 g/mol. The van der Waals surface area contributed by atoms with Crippen LogP contribution in [0.5, 0.6) is 0 Å². The van der Waals surface area contributed by atoms with Gasteiger partial charge in [0.2, 0.25) is 0 Å². The van der Waals surface area contributed by atoms with Crippen molar-refractivity contribution in [2.24, 2.45) is 0 Å². The lowest BCUT2D eigenvalue weighted by Crippen LogP contribution is -2.46. The average Bonchev–Trinajstić information content (AvgIpc) is 2.62. The van der Waals surface area contributed by atoms with Gasteiger partial charge in [-0.3, -0.25) is 4.98 Å². The van der Waals surface area contributed by atoms with Gasteiger partial charge in [0.05, 0.1) is 12.3 Å². The summed E-state index contributed by atoms with van der Waals surface area (Å²) in [7, 11) is 1.71. The van der Waals surface area contributed by atoms with Gasteiger partial charge >= 0.3 is 0 Å². The molecule has 24 heavy (non-hydrogen) atoms. The highest BCUT2D eigenvalue weighted by molar-refractivity contribution is 5.52. The molecule has 1 saturated heterocycles. The highest BCUT2D eigenvalue weighted by atomic mass is 16.5. The van der Waals surface area contributed by atoms with Gasteiger partial charge < -0.3 is 14.5 Å². The highest BCUT2D eigenvalue weighted by Crippen LogP contribution is 2.23. The van der Waals surface area contributed by atoms with Crippen molar-refractivity contribution in [2.75, 3.05) is 43.1 Å². The summed E-state index contributed by atoms with van der Waals surface area (Å²) in [5.41, 5.74) is 4.96. The summed E-state index contributed by atoms with van der Waals surface area (Å²) in [5.74, 6) is 0.587. The van der Waals surface area contributed by atoms with Gasteiger partial charge in [0.1, 0.15) is 0 Å². The third-order valence-electron chi connectivity index (χ3n) is 4.66. The molecule has 1 aromatic carbocycles. The Morgan fingerprint density at radius 1 is 0.958 bits per heavy atom. The number of piperazine rings is 1. The highest BCUT2D eigenvalue weighted by Gasteiger charge is 2.18. The number of anilines is 2. The van der Waals surface area contributed by atoms with Crippen molar-refractivity contribution in [1.82, 2.24) is 4.98 Å². The van der Waals surface area contributed by atoms with Crippen molar-refractivity contribution in [3.63, 3.8) is 0 Å². The number of hydrogen-bond acceptors (Lipinski definition) is 4. The number of aromatic nitrogens is 1. The Morgan fingerprint density at radius 2 is 1.58 bits per heavy atom. The molecule has 0 bridgehead atoms. The van der Waals surface area contributed by atoms with E-state index in [1.165, 1.54) is 16.9 Å². The molecule has 0 unspecified atom stereocenters. The third kappa shape index (κ3) is 3.88. The minimum Gasteiger partial charge on any atom is -0.378 e. The molecule has 1 aliphatic heterocycles. The van der Waals surface area contributed by atoms with Crippen LogP contribution in [0, 0.1) is 0 Å². The molecule has 0 amide bonds. The van der Waals surface area contributed by atoms with E-state index in [-0.39, 0.29) is 0 Å².